The smallest absolute Gasteiger partial charge is 0.294 e. The van der Waals surface area contributed by atoms with Crippen molar-refractivity contribution in [3.63, 3.8) is 0 Å². The van der Waals surface area contributed by atoms with Gasteiger partial charge in [-0.3, -0.25) is 14.3 Å². The number of carbonyl (C=O) groups is 2. The lowest BCUT2D eigenvalue weighted by atomic mass is 10.1. The fourth-order valence-corrected chi connectivity index (χ4v) is 1.28. The predicted octanol–water partition coefficient (Wildman–Crippen LogP) is 1.62. The van der Waals surface area contributed by atoms with Gasteiger partial charge in [-0.2, -0.15) is 5.10 Å². The monoisotopic (exact) mass is 230 g/mol. The van der Waals surface area contributed by atoms with Crippen molar-refractivity contribution in [2.45, 2.75) is 33.2 Å². The van der Waals surface area contributed by atoms with Crippen LogP contribution in [0.15, 0.2) is 6.20 Å². The van der Waals surface area contributed by atoms with Gasteiger partial charge in [-0.15, -0.1) is 0 Å². The van der Waals surface area contributed by atoms with Gasteiger partial charge in [0.25, 0.3) is 6.43 Å². The van der Waals surface area contributed by atoms with Gasteiger partial charge in [0.15, 0.2) is 5.78 Å². The molecule has 0 unspecified atom stereocenters. The zero-order chi connectivity index (χ0) is 12.3. The Kier molecular flexibility index (Phi) is 3.87. The molecule has 0 saturated carbocycles. The molecule has 0 aliphatic rings. The van der Waals surface area contributed by atoms with E-state index in [9.17, 15) is 18.4 Å². The summed E-state index contributed by atoms with van der Waals surface area (Å²) in [6, 6.07) is 0. The van der Waals surface area contributed by atoms with Gasteiger partial charge < -0.3 is 0 Å². The highest BCUT2D eigenvalue weighted by atomic mass is 19.3. The molecule has 88 valence electrons. The van der Waals surface area contributed by atoms with Crippen molar-refractivity contribution in [2.24, 2.45) is 0 Å². The van der Waals surface area contributed by atoms with Crippen LogP contribution in [0.2, 0.25) is 0 Å². The molecule has 0 aliphatic heterocycles. The molecule has 0 bridgehead atoms. The Hall–Kier alpha value is -1.59. The van der Waals surface area contributed by atoms with Crippen molar-refractivity contribution in [3.8, 4) is 0 Å². The minimum absolute atomic E-state index is 0.232. The van der Waals surface area contributed by atoms with Crippen LogP contribution in [-0.4, -0.2) is 27.8 Å². The van der Waals surface area contributed by atoms with Gasteiger partial charge in [-0.25, -0.2) is 8.78 Å². The fraction of sp³-hybridized carbons (Fsp3) is 0.500. The largest absolute Gasteiger partial charge is 0.296 e. The highest BCUT2D eigenvalue weighted by Gasteiger charge is 2.22. The highest BCUT2D eigenvalue weighted by molar-refractivity contribution is 6.09. The minimum Gasteiger partial charge on any atom is -0.294 e. The first-order chi connectivity index (χ1) is 7.45. The second-order valence-corrected chi connectivity index (χ2v) is 3.35. The summed E-state index contributed by atoms with van der Waals surface area (Å²) in [7, 11) is 0. The average molecular weight is 230 g/mol. The Morgan fingerprint density at radius 2 is 2.12 bits per heavy atom. The number of rotatable bonds is 5. The van der Waals surface area contributed by atoms with E-state index < -0.39 is 24.4 Å². The molecule has 1 aromatic heterocycles. The average Bonchev–Trinajstić information content (AvgIpc) is 2.59. The van der Waals surface area contributed by atoms with Crippen LogP contribution in [0.25, 0.3) is 0 Å². The van der Waals surface area contributed by atoms with Gasteiger partial charge in [0, 0.05) is 12.7 Å². The van der Waals surface area contributed by atoms with Crippen LogP contribution in [0.1, 0.15) is 29.4 Å². The lowest BCUT2D eigenvalue weighted by molar-refractivity contribution is -0.128. The summed E-state index contributed by atoms with van der Waals surface area (Å²) in [6.07, 6.45) is -2.39. The first-order valence-electron chi connectivity index (χ1n) is 4.83. The third kappa shape index (κ3) is 2.71. The molecule has 0 radical (unpaired) electrons. The van der Waals surface area contributed by atoms with Crippen molar-refractivity contribution in [2.75, 3.05) is 0 Å². The third-order valence-corrected chi connectivity index (χ3v) is 2.15. The zero-order valence-electron chi connectivity index (χ0n) is 9.04. The maximum absolute atomic E-state index is 12.0. The lowest BCUT2D eigenvalue weighted by Gasteiger charge is -1.97. The van der Waals surface area contributed by atoms with E-state index in [-0.39, 0.29) is 5.56 Å². The fourth-order valence-electron chi connectivity index (χ4n) is 1.28. The molecule has 0 amide bonds. The molecule has 6 heteroatoms. The number of hydrogen-bond acceptors (Lipinski definition) is 3. The van der Waals surface area contributed by atoms with E-state index in [1.54, 1.807) is 6.92 Å². The number of aromatic nitrogens is 2. The van der Waals surface area contributed by atoms with Crippen LogP contribution < -0.4 is 0 Å². The van der Waals surface area contributed by atoms with Crippen LogP contribution >= 0.6 is 0 Å². The second kappa shape index (κ2) is 4.96. The van der Waals surface area contributed by atoms with Gasteiger partial charge >= 0.3 is 0 Å². The number of nitrogens with zero attached hydrogens (tertiary/aromatic N) is 2. The molecule has 0 atom stereocenters. The van der Waals surface area contributed by atoms with Gasteiger partial charge in [0.2, 0.25) is 5.78 Å². The molecule has 0 spiro atoms. The summed E-state index contributed by atoms with van der Waals surface area (Å²) >= 11 is 0. The van der Waals surface area contributed by atoms with Crippen molar-refractivity contribution in [1.82, 2.24) is 9.78 Å². The van der Waals surface area contributed by atoms with E-state index in [1.807, 2.05) is 6.92 Å². The molecular weight excluding hydrogens is 218 g/mol. The minimum atomic E-state index is -3.09. The quantitative estimate of drug-likeness (QED) is 0.570. The van der Waals surface area contributed by atoms with Crippen LogP contribution in [0, 0.1) is 6.92 Å². The van der Waals surface area contributed by atoms with E-state index in [0.29, 0.717) is 12.2 Å². The van der Waals surface area contributed by atoms with E-state index in [1.165, 1.54) is 10.9 Å². The summed E-state index contributed by atoms with van der Waals surface area (Å²) in [5.41, 5.74) is 0.685. The Morgan fingerprint density at radius 3 is 2.56 bits per heavy atom. The van der Waals surface area contributed by atoms with Crippen LogP contribution in [0.3, 0.4) is 0 Å². The predicted molar refractivity (Wildman–Crippen MR) is 52.6 cm³/mol. The number of aryl methyl sites for hydroxylation is 2. The number of carbonyl (C=O) groups excluding carboxylic acids is 2. The molecule has 16 heavy (non-hydrogen) atoms. The Balaban J connectivity index is 2.80. The van der Waals surface area contributed by atoms with Gasteiger partial charge in [0.1, 0.15) is 0 Å². The number of Topliss-reactive ketones (excluding diaryl/α,β-unsaturated/α-hetero) is 2. The number of halogens is 2. The summed E-state index contributed by atoms with van der Waals surface area (Å²) in [5, 5.41) is 4.00. The molecular formula is C10H12F2N2O2. The molecule has 1 rings (SSSR count). The van der Waals surface area contributed by atoms with Gasteiger partial charge in [-0.05, 0) is 13.8 Å². The normalized spacial score (nSPS) is 10.8. The van der Waals surface area contributed by atoms with Crippen molar-refractivity contribution >= 4 is 11.6 Å². The molecule has 0 aromatic carbocycles. The van der Waals surface area contributed by atoms with Crippen LogP contribution in [-0.2, 0) is 11.3 Å². The molecule has 0 saturated heterocycles. The molecule has 1 aromatic rings. The van der Waals surface area contributed by atoms with E-state index in [2.05, 4.69) is 5.10 Å². The maximum Gasteiger partial charge on any atom is 0.296 e. The van der Waals surface area contributed by atoms with Gasteiger partial charge in [-0.1, -0.05) is 0 Å². The summed E-state index contributed by atoms with van der Waals surface area (Å²) < 4.78 is 25.4. The maximum atomic E-state index is 12.0. The van der Waals surface area contributed by atoms with Crippen LogP contribution in [0.4, 0.5) is 8.78 Å². The summed E-state index contributed by atoms with van der Waals surface area (Å²) in [4.78, 5) is 22.2. The third-order valence-electron chi connectivity index (χ3n) is 2.15. The van der Waals surface area contributed by atoms with Crippen molar-refractivity contribution in [1.29, 1.82) is 0 Å². The van der Waals surface area contributed by atoms with E-state index in [4.69, 9.17) is 0 Å². The second-order valence-electron chi connectivity index (χ2n) is 3.35. The van der Waals surface area contributed by atoms with Crippen molar-refractivity contribution in [3.05, 3.63) is 17.5 Å². The molecule has 0 N–H and O–H groups in total. The number of hydrogen-bond donors (Lipinski definition) is 0. The number of alkyl halides is 2. The lowest BCUT2D eigenvalue weighted by Crippen LogP contribution is -2.15. The molecule has 1 heterocycles. The van der Waals surface area contributed by atoms with E-state index in [0.717, 1.165) is 0 Å². The first kappa shape index (κ1) is 12.5. The first-order valence-corrected chi connectivity index (χ1v) is 4.83. The Bertz CT molecular complexity index is 413. The standard InChI is InChI=1S/C10H12F2N2O2/c1-3-14-5-7(6(2)13-14)8(15)4-9(16)10(11)12/h5,10H,3-4H2,1-2H3. The zero-order valence-corrected chi connectivity index (χ0v) is 9.04. The van der Waals surface area contributed by atoms with E-state index >= 15 is 0 Å². The molecule has 4 nitrogen and oxygen atoms in total. The SMILES string of the molecule is CCn1cc(C(=O)CC(=O)C(F)F)c(C)n1. The topological polar surface area (TPSA) is 52.0 Å². The molecule has 0 fully saturated rings. The Morgan fingerprint density at radius 1 is 1.50 bits per heavy atom. The Labute approximate surface area is 91.2 Å². The van der Waals surface area contributed by atoms with Gasteiger partial charge in [0.05, 0.1) is 17.7 Å². The number of ketones is 2. The summed E-state index contributed by atoms with van der Waals surface area (Å²) in [5.74, 6) is -1.96. The molecule has 0 aliphatic carbocycles. The summed E-state index contributed by atoms with van der Waals surface area (Å²) in [6.45, 7) is 4.02. The highest BCUT2D eigenvalue weighted by Crippen LogP contribution is 2.10. The van der Waals surface area contributed by atoms with Crippen molar-refractivity contribution < 1.29 is 18.4 Å². The van der Waals surface area contributed by atoms with Crippen LogP contribution in [0.5, 0.6) is 0 Å².